The highest BCUT2D eigenvalue weighted by Crippen LogP contribution is 2.28. The number of likely N-dealkylation sites (tertiary alicyclic amines) is 1. The lowest BCUT2D eigenvalue weighted by Gasteiger charge is -2.46. The second kappa shape index (κ2) is 8.93. The zero-order valence-corrected chi connectivity index (χ0v) is 15.6. The van der Waals surface area contributed by atoms with Gasteiger partial charge >= 0.3 is 0 Å². The lowest BCUT2D eigenvalue weighted by molar-refractivity contribution is 0.0217. The van der Waals surface area contributed by atoms with E-state index in [1.807, 2.05) is 4.90 Å². The molecule has 2 heterocycles. The third kappa shape index (κ3) is 4.61. The summed E-state index contributed by atoms with van der Waals surface area (Å²) in [7, 11) is 2.15. The summed E-state index contributed by atoms with van der Waals surface area (Å²) < 4.78 is 13.5. The summed E-state index contributed by atoms with van der Waals surface area (Å²) in [4.78, 5) is 19.6. The third-order valence-electron chi connectivity index (χ3n) is 5.79. The molecule has 144 valence electrons. The number of aliphatic hydroxyl groups excluding tert-OH is 1. The quantitative estimate of drug-likeness (QED) is 0.865. The number of amides is 1. The first kappa shape index (κ1) is 19.3. The second-order valence-corrected chi connectivity index (χ2v) is 7.58. The lowest BCUT2D eigenvalue weighted by atomic mass is 9.86. The maximum atomic E-state index is 13.5. The molecule has 2 aliphatic heterocycles. The number of carbonyl (C=O) groups excluding carboxylic acids is 1. The van der Waals surface area contributed by atoms with Crippen LogP contribution >= 0.6 is 0 Å². The number of rotatable bonds is 5. The Kier molecular flexibility index (Phi) is 6.62. The van der Waals surface area contributed by atoms with Gasteiger partial charge in [-0.25, -0.2) is 4.39 Å². The van der Waals surface area contributed by atoms with Crippen LogP contribution in [0.3, 0.4) is 0 Å². The van der Waals surface area contributed by atoms with Crippen LogP contribution in [-0.4, -0.2) is 84.7 Å². The molecule has 0 saturated carbocycles. The van der Waals surface area contributed by atoms with Gasteiger partial charge in [0.1, 0.15) is 5.82 Å². The highest BCUT2D eigenvalue weighted by atomic mass is 19.1. The van der Waals surface area contributed by atoms with E-state index in [2.05, 4.69) is 16.8 Å². The van der Waals surface area contributed by atoms with E-state index in [1.165, 1.54) is 12.1 Å². The fourth-order valence-electron chi connectivity index (χ4n) is 4.28. The Morgan fingerprint density at radius 3 is 2.69 bits per heavy atom. The van der Waals surface area contributed by atoms with E-state index in [4.69, 9.17) is 0 Å². The maximum absolute atomic E-state index is 13.5. The van der Waals surface area contributed by atoms with Crippen LogP contribution in [0.4, 0.5) is 4.39 Å². The number of hydrogen-bond donors (Lipinski definition) is 1. The van der Waals surface area contributed by atoms with E-state index in [-0.39, 0.29) is 18.3 Å². The van der Waals surface area contributed by atoms with Crippen LogP contribution in [0, 0.1) is 11.7 Å². The minimum Gasteiger partial charge on any atom is -0.396 e. The van der Waals surface area contributed by atoms with Gasteiger partial charge in [0.2, 0.25) is 0 Å². The van der Waals surface area contributed by atoms with E-state index in [9.17, 15) is 14.3 Å². The smallest absolute Gasteiger partial charge is 0.253 e. The van der Waals surface area contributed by atoms with Gasteiger partial charge in [0.25, 0.3) is 5.91 Å². The molecule has 26 heavy (non-hydrogen) atoms. The minimum absolute atomic E-state index is 0.0877. The van der Waals surface area contributed by atoms with E-state index in [0.29, 0.717) is 30.6 Å². The number of nitrogens with zero attached hydrogens (tertiary/aromatic N) is 3. The second-order valence-electron chi connectivity index (χ2n) is 7.58. The fraction of sp³-hybridized carbons (Fsp3) is 0.650. The van der Waals surface area contributed by atoms with Crippen molar-refractivity contribution in [2.45, 2.75) is 25.3 Å². The number of piperazine rings is 1. The van der Waals surface area contributed by atoms with Gasteiger partial charge in [0.15, 0.2) is 0 Å². The Hall–Kier alpha value is -1.50. The predicted octanol–water partition coefficient (Wildman–Crippen LogP) is 1.68. The van der Waals surface area contributed by atoms with Gasteiger partial charge < -0.3 is 14.9 Å². The molecule has 1 aromatic carbocycles. The van der Waals surface area contributed by atoms with Gasteiger partial charge in [-0.1, -0.05) is 6.07 Å². The molecule has 0 aromatic heterocycles. The topological polar surface area (TPSA) is 47.0 Å². The maximum Gasteiger partial charge on any atom is 0.253 e. The minimum atomic E-state index is -0.375. The van der Waals surface area contributed by atoms with Gasteiger partial charge in [-0.3, -0.25) is 9.69 Å². The molecule has 2 atom stereocenters. The van der Waals surface area contributed by atoms with Crippen molar-refractivity contribution in [2.75, 3.05) is 52.9 Å². The van der Waals surface area contributed by atoms with Gasteiger partial charge in [-0.05, 0) is 50.4 Å². The number of likely N-dealkylation sites (N-methyl/N-ethyl adjacent to an activating group) is 1. The van der Waals surface area contributed by atoms with Crippen molar-refractivity contribution in [3.8, 4) is 0 Å². The van der Waals surface area contributed by atoms with Crippen molar-refractivity contribution in [3.63, 3.8) is 0 Å². The van der Waals surface area contributed by atoms with Gasteiger partial charge in [0.05, 0.1) is 0 Å². The number of piperidine rings is 1. The van der Waals surface area contributed by atoms with E-state index in [1.54, 1.807) is 12.1 Å². The highest BCUT2D eigenvalue weighted by molar-refractivity contribution is 5.94. The molecule has 0 unspecified atom stereocenters. The van der Waals surface area contributed by atoms with Crippen molar-refractivity contribution < 1.29 is 14.3 Å². The van der Waals surface area contributed by atoms with E-state index < -0.39 is 0 Å². The van der Waals surface area contributed by atoms with Crippen molar-refractivity contribution in [1.82, 2.24) is 14.7 Å². The number of hydrogen-bond acceptors (Lipinski definition) is 4. The predicted molar refractivity (Wildman–Crippen MR) is 99.6 cm³/mol. The first-order chi connectivity index (χ1) is 12.6. The number of halogens is 1. The van der Waals surface area contributed by atoms with Gasteiger partial charge in [-0.2, -0.15) is 0 Å². The first-order valence-corrected chi connectivity index (χ1v) is 9.67. The van der Waals surface area contributed by atoms with E-state index in [0.717, 1.165) is 45.4 Å². The molecule has 0 spiro atoms. The Morgan fingerprint density at radius 1 is 1.23 bits per heavy atom. The van der Waals surface area contributed by atoms with Gasteiger partial charge in [0, 0.05) is 57.5 Å². The SMILES string of the molecule is CN1CCN([C@@H]2CCN(C(=O)c3cccc(F)c3)C[C@@H]2CCCO)CC1. The molecule has 1 amide bonds. The average molecular weight is 363 g/mol. The summed E-state index contributed by atoms with van der Waals surface area (Å²) in [6.45, 7) is 5.87. The fourth-order valence-corrected chi connectivity index (χ4v) is 4.28. The highest BCUT2D eigenvalue weighted by Gasteiger charge is 2.35. The van der Waals surface area contributed by atoms with Crippen LogP contribution in [0.15, 0.2) is 24.3 Å². The van der Waals surface area contributed by atoms with Crippen molar-refractivity contribution >= 4 is 5.91 Å². The summed E-state index contributed by atoms with van der Waals surface area (Å²) in [5, 5.41) is 9.27. The largest absolute Gasteiger partial charge is 0.396 e. The molecule has 0 radical (unpaired) electrons. The molecule has 5 nitrogen and oxygen atoms in total. The normalized spacial score (nSPS) is 25.4. The van der Waals surface area contributed by atoms with Crippen LogP contribution in [0.1, 0.15) is 29.6 Å². The van der Waals surface area contributed by atoms with Crippen LogP contribution in [0.5, 0.6) is 0 Å². The van der Waals surface area contributed by atoms with Crippen LogP contribution < -0.4 is 0 Å². The molecule has 0 aliphatic carbocycles. The molecule has 0 bridgehead atoms. The van der Waals surface area contributed by atoms with Crippen LogP contribution in [0.25, 0.3) is 0 Å². The standard InChI is InChI=1S/C20H30FN3O2/c1-22-9-11-23(12-10-22)19-7-8-24(15-17(19)5-3-13-25)20(26)16-4-2-6-18(21)14-16/h2,4,6,14,17,19,25H,3,5,7-13,15H2,1H3/t17-,19+/m0/s1. The summed E-state index contributed by atoms with van der Waals surface area (Å²) in [5.41, 5.74) is 0.420. The zero-order chi connectivity index (χ0) is 18.5. The number of carbonyl (C=O) groups is 1. The number of benzene rings is 1. The molecule has 3 rings (SSSR count). The first-order valence-electron chi connectivity index (χ1n) is 9.67. The molecule has 2 saturated heterocycles. The van der Waals surface area contributed by atoms with E-state index >= 15 is 0 Å². The van der Waals surface area contributed by atoms with Crippen molar-refractivity contribution in [3.05, 3.63) is 35.6 Å². The molecule has 2 fully saturated rings. The van der Waals surface area contributed by atoms with Crippen molar-refractivity contribution in [2.24, 2.45) is 5.92 Å². The summed E-state index contributed by atoms with van der Waals surface area (Å²) in [6, 6.07) is 6.41. The van der Waals surface area contributed by atoms with Gasteiger partial charge in [-0.15, -0.1) is 0 Å². The molecular formula is C20H30FN3O2. The molecule has 2 aliphatic rings. The summed E-state index contributed by atoms with van der Waals surface area (Å²) in [6.07, 6.45) is 2.62. The molecular weight excluding hydrogens is 333 g/mol. The monoisotopic (exact) mass is 363 g/mol. The Morgan fingerprint density at radius 2 is 2.00 bits per heavy atom. The van der Waals surface area contributed by atoms with Crippen molar-refractivity contribution in [1.29, 1.82) is 0 Å². The lowest BCUT2D eigenvalue weighted by Crippen LogP contribution is -2.56. The summed E-state index contributed by atoms with van der Waals surface area (Å²) >= 11 is 0. The molecule has 1 aromatic rings. The Bertz CT molecular complexity index is 604. The molecule has 1 N–H and O–H groups in total. The zero-order valence-electron chi connectivity index (χ0n) is 15.6. The number of aliphatic hydroxyl groups is 1. The van der Waals surface area contributed by atoms with Crippen LogP contribution in [-0.2, 0) is 0 Å². The third-order valence-corrected chi connectivity index (χ3v) is 5.79. The Balaban J connectivity index is 1.68. The average Bonchev–Trinajstić information content (AvgIpc) is 2.66. The summed E-state index contributed by atoms with van der Waals surface area (Å²) in [5.74, 6) is -0.104. The molecule has 6 heteroatoms. The van der Waals surface area contributed by atoms with Crippen LogP contribution in [0.2, 0.25) is 0 Å². The Labute approximate surface area is 155 Å².